The Morgan fingerprint density at radius 3 is 2.91 bits per heavy atom. The van der Waals surface area contributed by atoms with Crippen molar-refractivity contribution < 1.29 is 9.53 Å². The fraction of sp³-hybridized carbons (Fsp3) is 0.467. The van der Waals surface area contributed by atoms with E-state index < -0.39 is 0 Å². The summed E-state index contributed by atoms with van der Waals surface area (Å²) in [7, 11) is 0. The number of hydrogen-bond donors (Lipinski definition) is 0. The highest BCUT2D eigenvalue weighted by Crippen LogP contribution is 2.17. The highest BCUT2D eigenvalue weighted by Gasteiger charge is 2.24. The summed E-state index contributed by atoms with van der Waals surface area (Å²) in [4.78, 5) is 14.1. The van der Waals surface area contributed by atoms with Crippen molar-refractivity contribution in [3.8, 4) is 11.7 Å². The predicted molar refractivity (Wildman–Crippen MR) is 79.7 cm³/mol. The summed E-state index contributed by atoms with van der Waals surface area (Å²) in [5.74, 6) is -0.0187. The molecule has 1 aromatic heterocycles. The monoisotopic (exact) mass is 301 g/mol. The number of amides is 1. The van der Waals surface area contributed by atoms with Crippen LogP contribution in [0.25, 0.3) is 5.69 Å². The quantitative estimate of drug-likeness (QED) is 0.854. The Kier molecular flexibility index (Phi) is 4.32. The van der Waals surface area contributed by atoms with E-state index in [0.717, 1.165) is 25.1 Å². The lowest BCUT2D eigenvalue weighted by Crippen LogP contribution is -2.44. The second-order valence-electron chi connectivity index (χ2n) is 5.43. The van der Waals surface area contributed by atoms with Gasteiger partial charge in [-0.15, -0.1) is 0 Å². The number of carbonyl (C=O) groups is 1. The molecule has 1 aliphatic heterocycles. The molecule has 3 rings (SSSR count). The smallest absolute Gasteiger partial charge is 0.340 e. The Morgan fingerprint density at radius 1 is 1.32 bits per heavy atom. The van der Waals surface area contributed by atoms with Crippen molar-refractivity contribution in [1.29, 1.82) is 0 Å². The molecule has 0 spiro atoms. The summed E-state index contributed by atoms with van der Waals surface area (Å²) < 4.78 is 7.01. The number of hydrogen-bond acceptors (Lipinski definition) is 5. The van der Waals surface area contributed by atoms with Crippen molar-refractivity contribution in [2.24, 2.45) is 0 Å². The third-order valence-electron chi connectivity index (χ3n) is 3.89. The minimum absolute atomic E-state index is 0.0187. The predicted octanol–water partition coefficient (Wildman–Crippen LogP) is 1.44. The summed E-state index contributed by atoms with van der Waals surface area (Å²) in [5, 5.41) is 11.4. The molecule has 7 heteroatoms. The molecule has 0 saturated carbocycles. The molecule has 1 fully saturated rings. The Morgan fingerprint density at radius 2 is 2.14 bits per heavy atom. The van der Waals surface area contributed by atoms with Crippen LogP contribution in [-0.2, 0) is 4.79 Å². The van der Waals surface area contributed by atoms with Crippen LogP contribution in [-0.4, -0.2) is 50.2 Å². The highest BCUT2D eigenvalue weighted by molar-refractivity contribution is 5.78. The van der Waals surface area contributed by atoms with Gasteiger partial charge in [-0.3, -0.25) is 4.79 Å². The number of benzene rings is 1. The fourth-order valence-corrected chi connectivity index (χ4v) is 2.68. The van der Waals surface area contributed by atoms with Crippen LogP contribution >= 0.6 is 0 Å². The molecule has 7 nitrogen and oxygen atoms in total. The van der Waals surface area contributed by atoms with Gasteiger partial charge in [0.05, 0.1) is 5.69 Å². The summed E-state index contributed by atoms with van der Waals surface area (Å²) in [6.07, 6.45) is 3.28. The maximum Gasteiger partial charge on any atom is 0.340 e. The summed E-state index contributed by atoms with van der Waals surface area (Å²) in [6, 6.07) is 9.94. The zero-order chi connectivity index (χ0) is 15.4. The van der Waals surface area contributed by atoms with Crippen molar-refractivity contribution in [3.05, 3.63) is 30.3 Å². The van der Waals surface area contributed by atoms with Crippen LogP contribution in [0.15, 0.2) is 30.3 Å². The third-order valence-corrected chi connectivity index (χ3v) is 3.89. The van der Waals surface area contributed by atoms with Crippen molar-refractivity contribution in [2.45, 2.75) is 32.2 Å². The van der Waals surface area contributed by atoms with E-state index in [0.29, 0.717) is 0 Å². The van der Waals surface area contributed by atoms with E-state index in [9.17, 15) is 4.79 Å². The van der Waals surface area contributed by atoms with Gasteiger partial charge in [0, 0.05) is 12.6 Å². The molecule has 0 aliphatic carbocycles. The topological polar surface area (TPSA) is 73.1 Å². The van der Waals surface area contributed by atoms with Crippen molar-refractivity contribution in [2.75, 3.05) is 13.2 Å². The number of carbonyl (C=O) groups excluding carboxylic acids is 1. The maximum atomic E-state index is 12.3. The molecule has 1 aliphatic rings. The SMILES string of the molecule is CC1CCCCN1C(=O)COc1nnnn1-c1ccccc1. The number of aromatic nitrogens is 4. The zero-order valence-electron chi connectivity index (χ0n) is 12.6. The number of tetrazole rings is 1. The van der Waals surface area contributed by atoms with Crippen LogP contribution in [0.4, 0.5) is 0 Å². The molecule has 0 bridgehead atoms. The third kappa shape index (κ3) is 3.08. The average molecular weight is 301 g/mol. The molecular formula is C15H19N5O2. The fourth-order valence-electron chi connectivity index (χ4n) is 2.68. The first kappa shape index (κ1) is 14.5. The van der Waals surface area contributed by atoms with Gasteiger partial charge in [-0.2, -0.15) is 4.68 Å². The second kappa shape index (κ2) is 6.55. The number of nitrogens with zero attached hydrogens (tertiary/aromatic N) is 5. The Labute approximate surface area is 128 Å². The lowest BCUT2D eigenvalue weighted by molar-refractivity contribution is -0.136. The molecule has 2 aromatic rings. The van der Waals surface area contributed by atoms with Crippen LogP contribution in [0.5, 0.6) is 6.01 Å². The van der Waals surface area contributed by atoms with Crippen molar-refractivity contribution in [1.82, 2.24) is 25.1 Å². The van der Waals surface area contributed by atoms with Gasteiger partial charge < -0.3 is 9.64 Å². The van der Waals surface area contributed by atoms with E-state index in [4.69, 9.17) is 4.74 Å². The molecule has 0 radical (unpaired) electrons. The summed E-state index contributed by atoms with van der Waals surface area (Å²) in [6.45, 7) is 2.83. The molecule has 1 atom stereocenters. The standard InChI is InChI=1S/C15H19N5O2/c1-12-7-5-6-10-19(12)14(21)11-22-15-16-17-18-20(15)13-8-3-2-4-9-13/h2-4,8-9,12H,5-7,10-11H2,1H3. The van der Waals surface area contributed by atoms with Gasteiger partial charge in [0.1, 0.15) is 0 Å². The largest absolute Gasteiger partial charge is 0.452 e. The number of piperidine rings is 1. The first-order valence-electron chi connectivity index (χ1n) is 7.52. The van der Waals surface area contributed by atoms with Gasteiger partial charge in [0.25, 0.3) is 5.91 Å². The number of likely N-dealkylation sites (tertiary alicyclic amines) is 1. The van der Waals surface area contributed by atoms with Gasteiger partial charge in [-0.1, -0.05) is 23.3 Å². The lowest BCUT2D eigenvalue weighted by atomic mass is 10.0. The highest BCUT2D eigenvalue weighted by atomic mass is 16.5. The summed E-state index contributed by atoms with van der Waals surface area (Å²) in [5.41, 5.74) is 0.793. The number of para-hydroxylation sites is 1. The normalized spacial score (nSPS) is 18.2. The molecule has 1 aromatic carbocycles. The molecular weight excluding hydrogens is 282 g/mol. The molecule has 1 saturated heterocycles. The van der Waals surface area contributed by atoms with Crippen LogP contribution in [0.2, 0.25) is 0 Å². The van der Waals surface area contributed by atoms with E-state index >= 15 is 0 Å². The molecule has 1 unspecified atom stereocenters. The first-order chi connectivity index (χ1) is 10.8. The molecule has 0 N–H and O–H groups in total. The number of ether oxygens (including phenoxy) is 1. The van der Waals surface area contributed by atoms with Crippen LogP contribution in [0, 0.1) is 0 Å². The minimum atomic E-state index is -0.0441. The molecule has 116 valence electrons. The van der Waals surface area contributed by atoms with E-state index in [-0.39, 0.29) is 24.6 Å². The van der Waals surface area contributed by atoms with E-state index in [2.05, 4.69) is 22.4 Å². The second-order valence-corrected chi connectivity index (χ2v) is 5.43. The Balaban J connectivity index is 1.65. The lowest BCUT2D eigenvalue weighted by Gasteiger charge is -2.33. The van der Waals surface area contributed by atoms with Gasteiger partial charge in [-0.25, -0.2) is 0 Å². The first-order valence-corrected chi connectivity index (χ1v) is 7.52. The van der Waals surface area contributed by atoms with Crippen molar-refractivity contribution in [3.63, 3.8) is 0 Å². The van der Waals surface area contributed by atoms with E-state index in [1.807, 2.05) is 35.2 Å². The number of rotatable bonds is 4. The van der Waals surface area contributed by atoms with Gasteiger partial charge >= 0.3 is 6.01 Å². The Bertz CT molecular complexity index is 628. The van der Waals surface area contributed by atoms with Crippen molar-refractivity contribution >= 4 is 5.91 Å². The average Bonchev–Trinajstić information content (AvgIpc) is 3.02. The molecule has 2 heterocycles. The van der Waals surface area contributed by atoms with E-state index in [1.165, 1.54) is 11.1 Å². The van der Waals surface area contributed by atoms with Crippen LogP contribution in [0.1, 0.15) is 26.2 Å². The van der Waals surface area contributed by atoms with Crippen LogP contribution in [0.3, 0.4) is 0 Å². The van der Waals surface area contributed by atoms with Gasteiger partial charge in [0.2, 0.25) is 0 Å². The molecule has 1 amide bonds. The van der Waals surface area contributed by atoms with E-state index in [1.54, 1.807) is 0 Å². The maximum absolute atomic E-state index is 12.3. The molecule has 22 heavy (non-hydrogen) atoms. The minimum Gasteiger partial charge on any atom is -0.452 e. The zero-order valence-corrected chi connectivity index (χ0v) is 12.6. The van der Waals surface area contributed by atoms with Gasteiger partial charge in [0.15, 0.2) is 6.61 Å². The summed E-state index contributed by atoms with van der Waals surface area (Å²) >= 11 is 0. The Hall–Kier alpha value is -2.44. The van der Waals surface area contributed by atoms with Gasteiger partial charge in [-0.05, 0) is 48.7 Å². The van der Waals surface area contributed by atoms with Crippen LogP contribution < -0.4 is 4.74 Å².